The summed E-state index contributed by atoms with van der Waals surface area (Å²) in [4.78, 5) is 0. The first kappa shape index (κ1) is 40300. The maximum Gasteiger partial charge on any atom is -0.147 e. The first-order valence-electron chi connectivity index (χ1n) is 0. The Morgan fingerprint density at radius 3 is 0.333 bits per heavy atom. The van der Waals surface area contributed by atoms with Gasteiger partial charge in [0.25, 0.3) is 0 Å². The lowest BCUT2D eigenvalue weighted by Crippen LogP contribution is -3.00. The van der Waals surface area contributed by atoms with Crippen LogP contribution in [0.15, 0.2) is 0 Å². The Labute approximate surface area is 37.2 Å². The molecule has 0 aromatic heterocycles. The molecule has 6 heteroatoms. The Bertz CT molecular complexity index is 3.90. The van der Waals surface area contributed by atoms with Crippen molar-refractivity contribution in [3.05, 3.63) is 0 Å². The summed E-state index contributed by atoms with van der Waals surface area (Å²) in [5.74, 6) is 0. The van der Waals surface area contributed by atoms with E-state index in [1.165, 1.54) is 0 Å². The molecule has 0 nitrogen and oxygen atoms in total. The molecule has 0 saturated heterocycles. The summed E-state index contributed by atoms with van der Waals surface area (Å²) in [6.45, 7) is 0. The van der Waals surface area contributed by atoms with E-state index in [1.807, 2.05) is 0 Å². The largest absolute Gasteiger partial charge is 1.00 e. The van der Waals surface area contributed by atoms with E-state index in [2.05, 4.69) is 0 Å². The van der Waals surface area contributed by atoms with E-state index in [9.17, 15) is 0 Å². The van der Waals surface area contributed by atoms with Crippen molar-refractivity contribution in [2.45, 2.75) is 0 Å². The summed E-state index contributed by atoms with van der Waals surface area (Å²) in [6, 6.07) is 0. The summed E-state index contributed by atoms with van der Waals surface area (Å²) in [7, 11) is 0. The second-order valence-electron chi connectivity index (χ2n) is 0. The van der Waals surface area contributed by atoms with Gasteiger partial charge in [-0.15, -0.1) is 12.4 Å². The fourth-order valence-corrected chi connectivity index (χ4v) is 0. The van der Waals surface area contributed by atoms with Gasteiger partial charge in [0.1, 0.15) is 0 Å². The zero-order chi connectivity index (χ0) is 0. The minimum Gasteiger partial charge on any atom is -1.00 e. The minimum atomic E-state index is 0. The molecule has 0 aromatic rings. The van der Waals surface area contributed by atoms with Crippen LogP contribution in [-0.2, 0) is 0 Å². The second-order valence-corrected chi connectivity index (χ2v) is 0. The molecule has 0 aliphatic carbocycles. The summed E-state index contributed by atoms with van der Waals surface area (Å²) in [5, 5.41) is 0. The molecule has 0 unspecified atom stereocenters. The summed E-state index contributed by atoms with van der Waals surface area (Å²) < 4.78 is 0. The first-order chi connectivity index (χ1) is 0. The quantitative estimate of drug-likeness (QED) is 0.287. The van der Waals surface area contributed by atoms with Crippen molar-refractivity contribution in [2.24, 2.45) is 0 Å². The number of hydrogen-bond acceptors (Lipinski definition) is 0. The zero-order valence-electron chi connectivity index (χ0n) is 2.30. The SMILES string of the molecule is Cl.[F-].[F-].[F-].[F-].[F-]. The fourth-order valence-electron chi connectivity index (χ4n) is 0. The average molecular weight is 131 g/mol. The van der Waals surface area contributed by atoms with Crippen LogP contribution in [0.2, 0.25) is 0 Å². The smallest absolute Gasteiger partial charge is 0.147 e. The van der Waals surface area contributed by atoms with E-state index in [-0.39, 0.29) is 35.9 Å². The molecule has 0 rings (SSSR count). The lowest BCUT2D eigenvalue weighted by molar-refractivity contribution is -0.00100. The van der Waals surface area contributed by atoms with Gasteiger partial charge < -0.3 is 23.5 Å². The Morgan fingerprint density at radius 2 is 0.333 bits per heavy atom. The van der Waals surface area contributed by atoms with Crippen molar-refractivity contribution in [1.29, 1.82) is 0 Å². The summed E-state index contributed by atoms with van der Waals surface area (Å²) in [6.07, 6.45) is 0. The van der Waals surface area contributed by atoms with Gasteiger partial charge in [0.15, 0.2) is 0 Å². The third-order valence-corrected chi connectivity index (χ3v) is 0. The van der Waals surface area contributed by atoms with Crippen molar-refractivity contribution in [1.82, 2.24) is 0 Å². The predicted octanol–water partition coefficient (Wildman–Crippen LogP) is -14.6. The first-order valence-corrected chi connectivity index (χ1v) is 0. The number of halogens is 6. The molecule has 0 spiro atoms. The second kappa shape index (κ2) is 21300. The zero-order valence-corrected chi connectivity index (χ0v) is 3.11. The van der Waals surface area contributed by atoms with Crippen LogP contribution in [0.25, 0.3) is 0 Å². The van der Waals surface area contributed by atoms with Gasteiger partial charge in [0.2, 0.25) is 0 Å². The molecule has 0 aromatic carbocycles. The number of rotatable bonds is 0. The summed E-state index contributed by atoms with van der Waals surface area (Å²) in [5.41, 5.74) is 0. The molecule has 0 bridgehead atoms. The molecule has 0 aliphatic heterocycles. The topological polar surface area (TPSA) is 0 Å². The Balaban J connectivity index is 0. The summed E-state index contributed by atoms with van der Waals surface area (Å²) >= 11 is 0. The van der Waals surface area contributed by atoms with Crippen LogP contribution in [0.3, 0.4) is 0 Å². The van der Waals surface area contributed by atoms with E-state index < -0.39 is 0 Å². The van der Waals surface area contributed by atoms with Crippen LogP contribution >= 0.6 is 12.4 Å². The van der Waals surface area contributed by atoms with Crippen LogP contribution in [0, 0.1) is 0 Å². The van der Waals surface area contributed by atoms with Gasteiger partial charge in [-0.3, -0.25) is 0 Å². The van der Waals surface area contributed by atoms with E-state index in [0.717, 1.165) is 0 Å². The van der Waals surface area contributed by atoms with Crippen molar-refractivity contribution >= 4 is 12.4 Å². The van der Waals surface area contributed by atoms with Crippen molar-refractivity contribution in [2.75, 3.05) is 0 Å². The normalized spacial score (nSPS) is 0. The van der Waals surface area contributed by atoms with Crippen LogP contribution in [0.4, 0.5) is 0 Å². The third kappa shape index (κ3) is 9460. The highest BCUT2D eigenvalue weighted by Crippen LogP contribution is 0.690. The monoisotopic (exact) mass is 131 g/mol. The Kier molecular flexibility index (Phi) is 143000000. The van der Waals surface area contributed by atoms with Gasteiger partial charge in [-0.25, -0.2) is 0 Å². The highest BCUT2D eigenvalue weighted by molar-refractivity contribution is 5.85. The molecule has 0 radical (unpaired) electrons. The molecular formula is HClF5-5. The van der Waals surface area contributed by atoms with Crippen LogP contribution in [0.5, 0.6) is 0 Å². The molecular weight excluding hydrogens is 130 g/mol. The Hall–Kier alpha value is -0.0600. The fraction of sp³-hybridized carbons (Fsp3) is 0. The lowest BCUT2D eigenvalue weighted by Gasteiger charge is -1.00. The molecule has 0 heterocycles. The van der Waals surface area contributed by atoms with E-state index in [4.69, 9.17) is 0 Å². The van der Waals surface area contributed by atoms with Gasteiger partial charge >= 0.3 is 0 Å². The maximum atomic E-state index is 0. The van der Waals surface area contributed by atoms with Gasteiger partial charge in [-0.05, 0) is 0 Å². The Morgan fingerprint density at radius 1 is 0.333 bits per heavy atom. The molecule has 0 atom stereocenters. The van der Waals surface area contributed by atoms with E-state index in [1.54, 1.807) is 0 Å². The number of hydrogen-bond donors (Lipinski definition) is 0. The van der Waals surface area contributed by atoms with Crippen LogP contribution < -0.4 is 23.5 Å². The van der Waals surface area contributed by atoms with E-state index in [0.29, 0.717) is 0 Å². The van der Waals surface area contributed by atoms with Gasteiger partial charge in [-0.2, -0.15) is 0 Å². The lowest BCUT2D eigenvalue weighted by atomic mass is 19.0. The molecule has 0 N–H and O–H groups in total. The van der Waals surface area contributed by atoms with Gasteiger partial charge in [0, 0.05) is 0 Å². The van der Waals surface area contributed by atoms with Crippen LogP contribution in [-0.4, -0.2) is 0 Å². The van der Waals surface area contributed by atoms with Crippen molar-refractivity contribution < 1.29 is 23.5 Å². The van der Waals surface area contributed by atoms with Gasteiger partial charge in [-0.1, -0.05) is 0 Å². The molecule has 48 valence electrons. The highest BCUT2D eigenvalue weighted by Gasteiger charge is -0.147. The molecule has 6 heavy (non-hydrogen) atoms. The average Bonchev–Trinajstić information content (AvgIpc) is 0. The minimum absolute atomic E-state index is 0. The molecule has 0 fully saturated rings. The predicted molar refractivity (Wildman–Crippen MR) is 7.25 cm³/mol. The van der Waals surface area contributed by atoms with Gasteiger partial charge in [0.05, 0.1) is 0 Å². The molecule has 0 saturated carbocycles. The van der Waals surface area contributed by atoms with Crippen molar-refractivity contribution in [3.63, 3.8) is 0 Å². The molecule has 0 aliphatic rings. The van der Waals surface area contributed by atoms with E-state index >= 15 is 0 Å². The van der Waals surface area contributed by atoms with Crippen molar-refractivity contribution in [3.8, 4) is 0 Å². The highest BCUT2D eigenvalue weighted by atomic mass is 35.5. The molecule has 0 amide bonds. The maximum absolute atomic E-state index is 0. The standard InChI is InChI=1S/ClH.5FH/h6*1H/p-5. The van der Waals surface area contributed by atoms with Crippen LogP contribution in [0.1, 0.15) is 0 Å². The third-order valence-electron chi connectivity index (χ3n) is 0.